The Balaban J connectivity index is 2.76. The van der Waals surface area contributed by atoms with Crippen LogP contribution in [0.4, 0.5) is 18.9 Å². The van der Waals surface area contributed by atoms with E-state index in [1.807, 2.05) is 0 Å². The third-order valence-corrected chi connectivity index (χ3v) is 2.84. The van der Waals surface area contributed by atoms with Crippen molar-refractivity contribution in [2.75, 3.05) is 19.0 Å². The number of nitrogens with one attached hydrogen (secondary N) is 1. The average molecular weight is 311 g/mol. The summed E-state index contributed by atoms with van der Waals surface area (Å²) in [6.07, 6.45) is -4.19. The number of hydrogen-bond acceptors (Lipinski definition) is 3. The fourth-order valence-electron chi connectivity index (χ4n) is 1.39. The summed E-state index contributed by atoms with van der Waals surface area (Å²) in [5, 5.41) is 2.18. The lowest BCUT2D eigenvalue weighted by Crippen LogP contribution is -2.36. The molecule has 0 spiro atoms. The number of carbonyl (C=O) groups excluding carboxylic acids is 1. The summed E-state index contributed by atoms with van der Waals surface area (Å²) >= 11 is 5.71. The molecule has 0 bridgehead atoms. The van der Waals surface area contributed by atoms with Crippen molar-refractivity contribution in [3.63, 3.8) is 0 Å². The summed E-state index contributed by atoms with van der Waals surface area (Å²) in [7, 11) is 1.47. The first-order valence-electron chi connectivity index (χ1n) is 5.68. The van der Waals surface area contributed by atoms with E-state index in [-0.39, 0.29) is 10.7 Å². The van der Waals surface area contributed by atoms with Crippen molar-refractivity contribution in [3.05, 3.63) is 28.8 Å². The van der Waals surface area contributed by atoms with Crippen LogP contribution in [0.5, 0.6) is 0 Å². The molecule has 1 atom stereocenters. The van der Waals surface area contributed by atoms with Crippen molar-refractivity contribution in [2.24, 2.45) is 5.73 Å². The molecule has 0 aliphatic heterocycles. The summed E-state index contributed by atoms with van der Waals surface area (Å²) in [6.45, 7) is 0.301. The van der Waals surface area contributed by atoms with Crippen LogP contribution in [0.2, 0.25) is 5.02 Å². The molecule has 0 aromatic heterocycles. The minimum atomic E-state index is -4.49. The Labute approximate surface area is 119 Å². The van der Waals surface area contributed by atoms with Crippen molar-refractivity contribution in [3.8, 4) is 0 Å². The fourth-order valence-corrected chi connectivity index (χ4v) is 1.62. The minimum absolute atomic E-state index is 0.0810. The third-order valence-electron chi connectivity index (χ3n) is 2.52. The molecule has 1 unspecified atom stereocenters. The van der Waals surface area contributed by atoms with E-state index >= 15 is 0 Å². The summed E-state index contributed by atoms with van der Waals surface area (Å²) in [5.74, 6) is -0.538. The Morgan fingerprint density at radius 2 is 2.15 bits per heavy atom. The zero-order valence-corrected chi connectivity index (χ0v) is 11.4. The van der Waals surface area contributed by atoms with Gasteiger partial charge in [0.2, 0.25) is 5.91 Å². The van der Waals surface area contributed by atoms with Crippen molar-refractivity contribution >= 4 is 23.2 Å². The van der Waals surface area contributed by atoms with Gasteiger partial charge in [0.05, 0.1) is 22.3 Å². The Hall–Kier alpha value is -1.31. The number of benzene rings is 1. The molecule has 3 N–H and O–H groups in total. The highest BCUT2D eigenvalue weighted by Gasteiger charge is 2.31. The zero-order chi connectivity index (χ0) is 15.3. The van der Waals surface area contributed by atoms with Crippen molar-refractivity contribution < 1.29 is 22.7 Å². The molecular formula is C12H14ClF3N2O2. The molecule has 1 amide bonds. The topological polar surface area (TPSA) is 64.3 Å². The molecule has 0 aliphatic rings. The van der Waals surface area contributed by atoms with Crippen LogP contribution in [0, 0.1) is 0 Å². The van der Waals surface area contributed by atoms with E-state index in [0.717, 1.165) is 18.2 Å². The second-order valence-corrected chi connectivity index (χ2v) is 4.48. The van der Waals surface area contributed by atoms with E-state index in [0.29, 0.717) is 13.0 Å². The van der Waals surface area contributed by atoms with Crippen LogP contribution in [-0.2, 0) is 15.7 Å². The van der Waals surface area contributed by atoms with E-state index in [9.17, 15) is 18.0 Å². The molecule has 112 valence electrons. The molecular weight excluding hydrogens is 297 g/mol. The van der Waals surface area contributed by atoms with Crippen LogP contribution in [-0.4, -0.2) is 25.7 Å². The molecule has 0 fully saturated rings. The van der Waals surface area contributed by atoms with Gasteiger partial charge in [-0.05, 0) is 24.6 Å². The summed E-state index contributed by atoms with van der Waals surface area (Å²) < 4.78 is 42.1. The van der Waals surface area contributed by atoms with Crippen LogP contribution in [0.3, 0.4) is 0 Å². The Morgan fingerprint density at radius 1 is 1.50 bits per heavy atom. The second kappa shape index (κ2) is 6.92. The lowest BCUT2D eigenvalue weighted by atomic mass is 10.1. The highest BCUT2D eigenvalue weighted by molar-refractivity contribution is 6.33. The quantitative estimate of drug-likeness (QED) is 0.879. The van der Waals surface area contributed by atoms with Crippen LogP contribution in [0.25, 0.3) is 0 Å². The average Bonchev–Trinajstić information content (AvgIpc) is 2.36. The van der Waals surface area contributed by atoms with Crippen molar-refractivity contribution in [1.29, 1.82) is 0 Å². The Bertz CT molecular complexity index is 480. The zero-order valence-electron chi connectivity index (χ0n) is 10.6. The number of rotatable bonds is 5. The molecule has 20 heavy (non-hydrogen) atoms. The number of anilines is 1. The van der Waals surface area contributed by atoms with Crippen LogP contribution >= 0.6 is 11.6 Å². The van der Waals surface area contributed by atoms with Crippen LogP contribution < -0.4 is 11.1 Å². The van der Waals surface area contributed by atoms with Gasteiger partial charge in [-0.2, -0.15) is 13.2 Å². The molecule has 0 heterocycles. The Kier molecular flexibility index (Phi) is 5.79. The smallest absolute Gasteiger partial charge is 0.385 e. The van der Waals surface area contributed by atoms with Crippen LogP contribution in [0.1, 0.15) is 12.0 Å². The predicted octanol–water partition coefficient (Wildman–Crippen LogP) is 2.66. The van der Waals surface area contributed by atoms with E-state index in [1.54, 1.807) is 0 Å². The monoisotopic (exact) mass is 310 g/mol. The summed E-state index contributed by atoms with van der Waals surface area (Å²) in [6, 6.07) is 1.85. The maximum atomic E-state index is 12.4. The number of nitrogens with two attached hydrogens (primary N) is 1. The first-order chi connectivity index (χ1) is 9.25. The minimum Gasteiger partial charge on any atom is -0.385 e. The first kappa shape index (κ1) is 16.7. The third kappa shape index (κ3) is 4.66. The molecule has 4 nitrogen and oxygen atoms in total. The molecule has 8 heteroatoms. The van der Waals surface area contributed by atoms with E-state index in [2.05, 4.69) is 5.32 Å². The lowest BCUT2D eigenvalue weighted by Gasteiger charge is -2.14. The molecule has 1 aromatic carbocycles. The van der Waals surface area contributed by atoms with Crippen molar-refractivity contribution in [2.45, 2.75) is 18.6 Å². The normalized spacial score (nSPS) is 13.1. The van der Waals surface area contributed by atoms with Gasteiger partial charge < -0.3 is 15.8 Å². The predicted molar refractivity (Wildman–Crippen MR) is 69.6 cm³/mol. The maximum Gasteiger partial charge on any atom is 0.416 e. The number of alkyl halides is 3. The van der Waals surface area contributed by atoms with Crippen molar-refractivity contribution in [1.82, 2.24) is 0 Å². The maximum absolute atomic E-state index is 12.4. The van der Waals surface area contributed by atoms with Gasteiger partial charge in [0.15, 0.2) is 0 Å². The van der Waals surface area contributed by atoms with E-state index in [1.165, 1.54) is 7.11 Å². The second-order valence-electron chi connectivity index (χ2n) is 4.07. The van der Waals surface area contributed by atoms with Gasteiger partial charge >= 0.3 is 6.18 Å². The summed E-state index contributed by atoms with van der Waals surface area (Å²) in [4.78, 5) is 11.7. The van der Waals surface area contributed by atoms with Gasteiger partial charge in [-0.15, -0.1) is 0 Å². The molecule has 1 rings (SSSR count). The number of ether oxygens (including phenoxy) is 1. The van der Waals surface area contributed by atoms with Gasteiger partial charge in [-0.25, -0.2) is 0 Å². The Morgan fingerprint density at radius 3 is 2.65 bits per heavy atom. The van der Waals surface area contributed by atoms with Gasteiger partial charge in [-0.1, -0.05) is 11.6 Å². The SMILES string of the molecule is COCCC(N)C(=O)Nc1ccc(C(F)(F)F)cc1Cl. The number of hydrogen-bond donors (Lipinski definition) is 2. The standard InChI is InChI=1S/C12H14ClF3N2O2/c1-20-5-4-9(17)11(19)18-10-3-2-7(6-8(10)13)12(14,15)16/h2-3,6,9H,4-5,17H2,1H3,(H,18,19). The fraction of sp³-hybridized carbons (Fsp3) is 0.417. The number of amides is 1. The van der Waals surface area contributed by atoms with Crippen LogP contribution in [0.15, 0.2) is 18.2 Å². The highest BCUT2D eigenvalue weighted by atomic mass is 35.5. The largest absolute Gasteiger partial charge is 0.416 e. The summed E-state index contributed by atoms with van der Waals surface area (Å²) in [5.41, 5.74) is 4.78. The highest BCUT2D eigenvalue weighted by Crippen LogP contribution is 2.33. The number of methoxy groups -OCH3 is 1. The lowest BCUT2D eigenvalue weighted by molar-refractivity contribution is -0.137. The van der Waals surface area contributed by atoms with Gasteiger partial charge in [0.1, 0.15) is 0 Å². The molecule has 1 aromatic rings. The number of carbonyl (C=O) groups is 1. The van der Waals surface area contributed by atoms with Gasteiger partial charge in [0.25, 0.3) is 0 Å². The van der Waals surface area contributed by atoms with E-state index < -0.39 is 23.7 Å². The molecule has 0 radical (unpaired) electrons. The first-order valence-corrected chi connectivity index (χ1v) is 6.05. The van der Waals surface area contributed by atoms with Gasteiger partial charge in [0, 0.05) is 13.7 Å². The van der Waals surface area contributed by atoms with Gasteiger partial charge in [-0.3, -0.25) is 4.79 Å². The molecule has 0 saturated carbocycles. The van der Waals surface area contributed by atoms with E-state index in [4.69, 9.17) is 22.1 Å². The molecule has 0 aliphatic carbocycles. The molecule has 0 saturated heterocycles. The number of halogens is 4.